The van der Waals surface area contributed by atoms with Crippen molar-refractivity contribution in [1.29, 1.82) is 0 Å². The number of benzene rings is 1. The Morgan fingerprint density at radius 1 is 1.14 bits per heavy atom. The molecule has 0 amide bonds. The van der Waals surface area contributed by atoms with Crippen LogP contribution in [0.15, 0.2) is 53.6 Å². The third-order valence-electron chi connectivity index (χ3n) is 5.36. The number of aldehydes is 1. The molecular formula is C23H27Cl2N3O. The molecule has 1 aliphatic rings. The zero-order valence-electron chi connectivity index (χ0n) is 16.8. The highest BCUT2D eigenvalue weighted by Gasteiger charge is 2.13. The van der Waals surface area contributed by atoms with E-state index in [1.165, 1.54) is 11.1 Å². The van der Waals surface area contributed by atoms with E-state index in [1.54, 1.807) is 6.08 Å². The quantitative estimate of drug-likeness (QED) is 0.295. The maximum Gasteiger partial charge on any atom is 0.142 e. The summed E-state index contributed by atoms with van der Waals surface area (Å²) < 4.78 is 2.18. The first-order valence-corrected chi connectivity index (χ1v) is 11.1. The normalized spacial score (nSPS) is 14.3. The number of fused-ring (bicyclic) bond motifs is 1. The maximum atomic E-state index is 10.4. The van der Waals surface area contributed by atoms with Gasteiger partial charge in [-0.1, -0.05) is 23.8 Å². The highest BCUT2D eigenvalue weighted by molar-refractivity contribution is 6.18. The summed E-state index contributed by atoms with van der Waals surface area (Å²) in [6.45, 7) is 1.54. The first-order chi connectivity index (χ1) is 14.2. The molecule has 0 aliphatic heterocycles. The molecule has 0 atom stereocenters. The molecule has 0 fully saturated rings. The Labute approximate surface area is 182 Å². The molecule has 0 radical (unpaired) electrons. The third kappa shape index (κ3) is 5.52. The molecular weight excluding hydrogens is 405 g/mol. The smallest absolute Gasteiger partial charge is 0.142 e. The fraction of sp³-hybridized carbons (Fsp3) is 0.391. The van der Waals surface area contributed by atoms with Crippen LogP contribution in [0.3, 0.4) is 0 Å². The Morgan fingerprint density at radius 3 is 2.59 bits per heavy atom. The van der Waals surface area contributed by atoms with E-state index in [2.05, 4.69) is 46.9 Å². The van der Waals surface area contributed by atoms with Crippen LogP contribution in [-0.4, -0.2) is 40.7 Å². The molecule has 1 aromatic carbocycles. The zero-order chi connectivity index (χ0) is 20.6. The monoisotopic (exact) mass is 431 g/mol. The standard InChI is InChI=1S/C23H27Cl2N3O/c1-27-22-10-9-20(28(14-12-24)15-13-25)17-21(22)26-23(27)11-8-19-6-4-18(5-7-19)3-2-16-29/h2-4,6,9-10,16-17H,5,7-8,11-15H2,1H3. The number of anilines is 1. The highest BCUT2D eigenvalue weighted by Crippen LogP contribution is 2.26. The lowest BCUT2D eigenvalue weighted by Gasteiger charge is -2.22. The number of carbonyl (C=O) groups is 1. The van der Waals surface area contributed by atoms with Crippen molar-refractivity contribution in [3.8, 4) is 0 Å². The number of rotatable bonds is 10. The van der Waals surface area contributed by atoms with E-state index in [4.69, 9.17) is 28.2 Å². The van der Waals surface area contributed by atoms with Gasteiger partial charge in [-0.3, -0.25) is 4.79 Å². The van der Waals surface area contributed by atoms with Gasteiger partial charge in [0.05, 0.1) is 11.0 Å². The van der Waals surface area contributed by atoms with Crippen LogP contribution in [0.2, 0.25) is 0 Å². The summed E-state index contributed by atoms with van der Waals surface area (Å²) in [5.74, 6) is 2.23. The summed E-state index contributed by atoms with van der Waals surface area (Å²) >= 11 is 11.9. The van der Waals surface area contributed by atoms with Crippen LogP contribution in [0.25, 0.3) is 11.0 Å². The fourth-order valence-electron chi connectivity index (χ4n) is 3.71. The number of halogens is 2. The van der Waals surface area contributed by atoms with Gasteiger partial charge in [-0.05, 0) is 49.1 Å². The predicted octanol–water partition coefficient (Wildman–Crippen LogP) is 5.19. The van der Waals surface area contributed by atoms with Crippen molar-refractivity contribution < 1.29 is 4.79 Å². The molecule has 154 valence electrons. The SMILES string of the molecule is Cn1c(CCC2=CC=C(C=CC=O)CC2)nc2cc(N(CCCl)CCCl)ccc21. The van der Waals surface area contributed by atoms with Crippen LogP contribution < -0.4 is 4.90 Å². The van der Waals surface area contributed by atoms with Crippen LogP contribution >= 0.6 is 23.2 Å². The first-order valence-electron chi connectivity index (χ1n) is 9.99. The molecule has 1 aromatic heterocycles. The number of aromatic nitrogens is 2. The molecule has 0 bridgehead atoms. The molecule has 4 nitrogen and oxygen atoms in total. The summed E-state index contributed by atoms with van der Waals surface area (Å²) in [6.07, 6.45) is 12.5. The topological polar surface area (TPSA) is 38.1 Å². The van der Waals surface area contributed by atoms with E-state index in [0.717, 1.165) is 67.6 Å². The Hall–Kier alpha value is -2.04. The van der Waals surface area contributed by atoms with Crippen molar-refractivity contribution in [3.05, 3.63) is 59.5 Å². The summed E-state index contributed by atoms with van der Waals surface area (Å²) in [6, 6.07) is 6.38. The van der Waals surface area contributed by atoms with Gasteiger partial charge in [0.25, 0.3) is 0 Å². The van der Waals surface area contributed by atoms with Crippen molar-refractivity contribution in [2.75, 3.05) is 29.7 Å². The summed E-state index contributed by atoms with van der Waals surface area (Å²) in [4.78, 5) is 17.5. The number of nitrogens with zero attached hydrogens (tertiary/aromatic N) is 3. The van der Waals surface area contributed by atoms with Crippen molar-refractivity contribution in [2.45, 2.75) is 25.7 Å². The van der Waals surface area contributed by atoms with Crippen molar-refractivity contribution >= 4 is 46.2 Å². The van der Waals surface area contributed by atoms with Crippen LogP contribution in [-0.2, 0) is 18.3 Å². The highest BCUT2D eigenvalue weighted by atomic mass is 35.5. The molecule has 6 heteroatoms. The van der Waals surface area contributed by atoms with E-state index < -0.39 is 0 Å². The number of carbonyl (C=O) groups excluding carboxylic acids is 1. The van der Waals surface area contributed by atoms with E-state index >= 15 is 0 Å². The van der Waals surface area contributed by atoms with Gasteiger partial charge >= 0.3 is 0 Å². The first kappa shape index (κ1) is 21.7. The van der Waals surface area contributed by atoms with Crippen LogP contribution in [0.1, 0.15) is 25.1 Å². The predicted molar refractivity (Wildman–Crippen MR) is 123 cm³/mol. The minimum absolute atomic E-state index is 0.568. The minimum atomic E-state index is 0.568. The number of imidazole rings is 1. The van der Waals surface area contributed by atoms with Crippen LogP contribution in [0.5, 0.6) is 0 Å². The van der Waals surface area contributed by atoms with E-state index in [1.807, 2.05) is 6.08 Å². The molecule has 3 rings (SSSR count). The summed E-state index contributed by atoms with van der Waals surface area (Å²) in [7, 11) is 2.08. The van der Waals surface area contributed by atoms with E-state index in [0.29, 0.717) is 11.8 Å². The zero-order valence-corrected chi connectivity index (χ0v) is 18.3. The molecule has 29 heavy (non-hydrogen) atoms. The number of alkyl halides is 2. The Morgan fingerprint density at radius 2 is 1.93 bits per heavy atom. The molecule has 1 aliphatic carbocycles. The Bertz CT molecular complexity index is 937. The van der Waals surface area contributed by atoms with Gasteiger partial charge in [-0.25, -0.2) is 4.98 Å². The van der Waals surface area contributed by atoms with Crippen LogP contribution in [0, 0.1) is 0 Å². The lowest BCUT2D eigenvalue weighted by Crippen LogP contribution is -2.27. The molecule has 1 heterocycles. The largest absolute Gasteiger partial charge is 0.369 e. The molecule has 2 aromatic rings. The van der Waals surface area contributed by atoms with Crippen molar-refractivity contribution in [1.82, 2.24) is 9.55 Å². The van der Waals surface area contributed by atoms with E-state index in [9.17, 15) is 4.79 Å². The molecule has 0 saturated carbocycles. The second-order valence-corrected chi connectivity index (χ2v) is 7.94. The Kier molecular flexibility index (Phi) is 7.96. The lowest BCUT2D eigenvalue weighted by atomic mass is 9.95. The molecule has 0 saturated heterocycles. The van der Waals surface area contributed by atoms with Gasteiger partial charge in [0.1, 0.15) is 12.1 Å². The van der Waals surface area contributed by atoms with Gasteiger partial charge < -0.3 is 9.47 Å². The van der Waals surface area contributed by atoms with Crippen LogP contribution in [0.4, 0.5) is 5.69 Å². The lowest BCUT2D eigenvalue weighted by molar-refractivity contribution is -0.104. The Balaban J connectivity index is 1.73. The average molecular weight is 432 g/mol. The van der Waals surface area contributed by atoms with E-state index in [-0.39, 0.29) is 0 Å². The summed E-state index contributed by atoms with van der Waals surface area (Å²) in [5, 5.41) is 0. The molecule has 0 unspecified atom stereocenters. The molecule has 0 N–H and O–H groups in total. The average Bonchev–Trinajstić information content (AvgIpc) is 3.06. The second-order valence-electron chi connectivity index (χ2n) is 7.19. The third-order valence-corrected chi connectivity index (χ3v) is 5.70. The summed E-state index contributed by atoms with van der Waals surface area (Å²) in [5.41, 5.74) is 5.89. The van der Waals surface area contributed by atoms with Gasteiger partial charge in [0, 0.05) is 44.0 Å². The number of aryl methyl sites for hydroxylation is 2. The second kappa shape index (κ2) is 10.7. The minimum Gasteiger partial charge on any atom is -0.369 e. The molecule has 0 spiro atoms. The van der Waals surface area contributed by atoms with Gasteiger partial charge in [0.15, 0.2) is 0 Å². The number of allylic oxidation sites excluding steroid dienone is 6. The number of hydrogen-bond acceptors (Lipinski definition) is 3. The van der Waals surface area contributed by atoms with Gasteiger partial charge in [0.2, 0.25) is 0 Å². The maximum absolute atomic E-state index is 10.4. The van der Waals surface area contributed by atoms with Gasteiger partial charge in [-0.2, -0.15) is 0 Å². The van der Waals surface area contributed by atoms with Crippen molar-refractivity contribution in [2.24, 2.45) is 7.05 Å². The number of hydrogen-bond donors (Lipinski definition) is 0. The van der Waals surface area contributed by atoms with Gasteiger partial charge in [-0.15, -0.1) is 23.2 Å². The fourth-order valence-corrected chi connectivity index (χ4v) is 4.12. The van der Waals surface area contributed by atoms with Crippen molar-refractivity contribution in [3.63, 3.8) is 0 Å².